The average Bonchev–Trinajstić information content (AvgIpc) is 2.46. The third-order valence-corrected chi connectivity index (χ3v) is 3.77. The highest BCUT2D eigenvalue weighted by Crippen LogP contribution is 2.31. The summed E-state index contributed by atoms with van der Waals surface area (Å²) in [6.45, 7) is 0.209. The van der Waals surface area contributed by atoms with Gasteiger partial charge in [0.1, 0.15) is 12.1 Å². The van der Waals surface area contributed by atoms with Crippen LogP contribution >= 0.6 is 0 Å². The van der Waals surface area contributed by atoms with Crippen molar-refractivity contribution in [1.29, 1.82) is 0 Å². The lowest BCUT2D eigenvalue weighted by molar-refractivity contribution is -0.154. The van der Waals surface area contributed by atoms with Crippen LogP contribution in [0.5, 0.6) is 0 Å². The summed E-state index contributed by atoms with van der Waals surface area (Å²) in [5.41, 5.74) is 5.44. The molecule has 0 amide bonds. The van der Waals surface area contributed by atoms with Crippen molar-refractivity contribution < 1.29 is 19.4 Å². The van der Waals surface area contributed by atoms with Crippen LogP contribution in [0.25, 0.3) is 0 Å². The first-order chi connectivity index (χ1) is 9.51. The fourth-order valence-electron chi connectivity index (χ4n) is 2.55. The van der Waals surface area contributed by atoms with Crippen molar-refractivity contribution in [3.8, 4) is 0 Å². The molecule has 1 saturated carbocycles. The quantitative estimate of drug-likeness (QED) is 0.818. The van der Waals surface area contributed by atoms with Gasteiger partial charge in [0.2, 0.25) is 0 Å². The number of carbonyl (C=O) groups excluding carboxylic acids is 1. The van der Waals surface area contributed by atoms with E-state index in [0.29, 0.717) is 19.3 Å². The van der Waals surface area contributed by atoms with Crippen molar-refractivity contribution in [2.45, 2.75) is 37.8 Å². The molecular weight excluding hydrogens is 258 g/mol. The SMILES string of the molecule is N[C@@]1(C(=O)O)CCC[C@H](C(=O)OCc2ccccc2)C1. The summed E-state index contributed by atoms with van der Waals surface area (Å²) < 4.78 is 5.25. The lowest BCUT2D eigenvalue weighted by atomic mass is 9.76. The molecule has 1 aliphatic rings. The Hall–Kier alpha value is -1.88. The van der Waals surface area contributed by atoms with Gasteiger partial charge in [0.05, 0.1) is 5.92 Å². The minimum absolute atomic E-state index is 0.149. The van der Waals surface area contributed by atoms with E-state index in [1.807, 2.05) is 30.3 Å². The maximum Gasteiger partial charge on any atom is 0.323 e. The topological polar surface area (TPSA) is 89.6 Å². The monoisotopic (exact) mass is 277 g/mol. The lowest BCUT2D eigenvalue weighted by Gasteiger charge is -2.33. The molecule has 1 aromatic rings. The fourth-order valence-corrected chi connectivity index (χ4v) is 2.55. The first kappa shape index (κ1) is 14.5. The van der Waals surface area contributed by atoms with Gasteiger partial charge in [-0.05, 0) is 24.8 Å². The van der Waals surface area contributed by atoms with Gasteiger partial charge in [0, 0.05) is 0 Å². The molecule has 0 aromatic heterocycles. The van der Waals surface area contributed by atoms with Crippen LogP contribution in [0.15, 0.2) is 30.3 Å². The second-order valence-electron chi connectivity index (χ2n) is 5.35. The molecule has 0 bridgehead atoms. The third-order valence-electron chi connectivity index (χ3n) is 3.77. The van der Waals surface area contributed by atoms with E-state index in [-0.39, 0.29) is 19.0 Å². The van der Waals surface area contributed by atoms with Crippen LogP contribution in [-0.2, 0) is 20.9 Å². The molecule has 108 valence electrons. The van der Waals surface area contributed by atoms with Gasteiger partial charge in [0.15, 0.2) is 0 Å². The van der Waals surface area contributed by atoms with Gasteiger partial charge in [-0.15, -0.1) is 0 Å². The zero-order valence-corrected chi connectivity index (χ0v) is 11.2. The number of carbonyl (C=O) groups is 2. The van der Waals surface area contributed by atoms with E-state index in [2.05, 4.69) is 0 Å². The highest BCUT2D eigenvalue weighted by atomic mass is 16.5. The van der Waals surface area contributed by atoms with E-state index < -0.39 is 17.4 Å². The van der Waals surface area contributed by atoms with E-state index >= 15 is 0 Å². The Morgan fingerprint density at radius 1 is 1.35 bits per heavy atom. The minimum atomic E-state index is -1.30. The van der Waals surface area contributed by atoms with Crippen LogP contribution in [0.4, 0.5) is 0 Å². The van der Waals surface area contributed by atoms with Gasteiger partial charge in [-0.1, -0.05) is 36.8 Å². The molecule has 5 nitrogen and oxygen atoms in total. The smallest absolute Gasteiger partial charge is 0.323 e. The predicted octanol–water partition coefficient (Wildman–Crippen LogP) is 1.70. The number of nitrogens with two attached hydrogens (primary N) is 1. The van der Waals surface area contributed by atoms with Gasteiger partial charge >= 0.3 is 11.9 Å². The number of hydrogen-bond acceptors (Lipinski definition) is 4. The van der Waals surface area contributed by atoms with Crippen LogP contribution < -0.4 is 5.73 Å². The van der Waals surface area contributed by atoms with Gasteiger partial charge < -0.3 is 15.6 Å². The summed E-state index contributed by atoms with van der Waals surface area (Å²) in [5, 5.41) is 9.13. The van der Waals surface area contributed by atoms with Crippen molar-refractivity contribution in [1.82, 2.24) is 0 Å². The molecule has 0 aliphatic heterocycles. The highest BCUT2D eigenvalue weighted by Gasteiger charge is 2.42. The molecule has 2 rings (SSSR count). The van der Waals surface area contributed by atoms with E-state index in [9.17, 15) is 9.59 Å². The van der Waals surface area contributed by atoms with Crippen LogP contribution in [0.1, 0.15) is 31.2 Å². The normalized spacial score (nSPS) is 25.9. The van der Waals surface area contributed by atoms with Crippen molar-refractivity contribution in [2.24, 2.45) is 11.7 Å². The largest absolute Gasteiger partial charge is 0.480 e. The Bertz CT molecular complexity index is 488. The van der Waals surface area contributed by atoms with E-state index in [4.69, 9.17) is 15.6 Å². The van der Waals surface area contributed by atoms with Crippen molar-refractivity contribution in [3.63, 3.8) is 0 Å². The van der Waals surface area contributed by atoms with Gasteiger partial charge in [-0.3, -0.25) is 9.59 Å². The Kier molecular flexibility index (Phi) is 4.39. The standard InChI is InChI=1S/C15H19NO4/c16-15(14(18)19)8-4-7-12(9-15)13(17)20-10-11-5-2-1-3-6-11/h1-3,5-6,12H,4,7-10,16H2,(H,18,19)/t12-,15-/m0/s1. The molecule has 0 saturated heterocycles. The third kappa shape index (κ3) is 3.36. The number of aliphatic carboxylic acids is 1. The number of rotatable bonds is 4. The second kappa shape index (κ2) is 6.05. The summed E-state index contributed by atoms with van der Waals surface area (Å²) in [4.78, 5) is 23.2. The number of carboxylic acid groups (broad SMARTS) is 1. The summed E-state index contributed by atoms with van der Waals surface area (Å²) in [6.07, 6.45) is 1.83. The van der Waals surface area contributed by atoms with E-state index in [1.54, 1.807) is 0 Å². The fraction of sp³-hybridized carbons (Fsp3) is 0.467. The summed E-state index contributed by atoms with van der Waals surface area (Å²) in [7, 11) is 0. The molecule has 0 spiro atoms. The molecular formula is C15H19NO4. The number of hydrogen-bond donors (Lipinski definition) is 2. The zero-order chi connectivity index (χ0) is 14.6. The van der Waals surface area contributed by atoms with E-state index in [1.165, 1.54) is 0 Å². The number of esters is 1. The molecule has 3 N–H and O–H groups in total. The van der Waals surface area contributed by atoms with E-state index in [0.717, 1.165) is 5.56 Å². The average molecular weight is 277 g/mol. The second-order valence-corrected chi connectivity index (χ2v) is 5.35. The van der Waals surface area contributed by atoms with Gasteiger partial charge in [0.25, 0.3) is 0 Å². The lowest BCUT2D eigenvalue weighted by Crippen LogP contribution is -2.52. The van der Waals surface area contributed by atoms with Crippen LogP contribution in [0, 0.1) is 5.92 Å². The maximum absolute atomic E-state index is 12.0. The highest BCUT2D eigenvalue weighted by molar-refractivity contribution is 5.81. The Balaban J connectivity index is 1.91. The van der Waals surface area contributed by atoms with Crippen molar-refractivity contribution >= 4 is 11.9 Å². The first-order valence-corrected chi connectivity index (χ1v) is 6.74. The van der Waals surface area contributed by atoms with Crippen molar-refractivity contribution in [3.05, 3.63) is 35.9 Å². The molecule has 2 atom stereocenters. The summed E-state index contributed by atoms with van der Waals surface area (Å²) in [6, 6.07) is 9.39. The number of ether oxygens (including phenoxy) is 1. The Morgan fingerprint density at radius 3 is 2.70 bits per heavy atom. The number of carboxylic acids is 1. The van der Waals surface area contributed by atoms with Gasteiger partial charge in [-0.2, -0.15) is 0 Å². The van der Waals surface area contributed by atoms with Crippen LogP contribution in [-0.4, -0.2) is 22.6 Å². The first-order valence-electron chi connectivity index (χ1n) is 6.74. The summed E-state index contributed by atoms with van der Waals surface area (Å²) >= 11 is 0. The molecule has 5 heteroatoms. The zero-order valence-electron chi connectivity index (χ0n) is 11.2. The molecule has 20 heavy (non-hydrogen) atoms. The van der Waals surface area contributed by atoms with Crippen molar-refractivity contribution in [2.75, 3.05) is 0 Å². The Morgan fingerprint density at radius 2 is 2.05 bits per heavy atom. The number of benzene rings is 1. The molecule has 0 heterocycles. The van der Waals surface area contributed by atoms with Gasteiger partial charge in [-0.25, -0.2) is 0 Å². The van der Waals surface area contributed by atoms with Crippen LogP contribution in [0.2, 0.25) is 0 Å². The Labute approximate surface area is 117 Å². The molecule has 0 radical (unpaired) electrons. The molecule has 1 aliphatic carbocycles. The molecule has 1 aromatic carbocycles. The minimum Gasteiger partial charge on any atom is -0.480 e. The maximum atomic E-state index is 12.0. The molecule has 0 unspecified atom stereocenters. The predicted molar refractivity (Wildman–Crippen MR) is 72.8 cm³/mol. The molecule has 1 fully saturated rings. The summed E-state index contributed by atoms with van der Waals surface area (Å²) in [5.74, 6) is -1.82. The van der Waals surface area contributed by atoms with Crippen LogP contribution in [0.3, 0.4) is 0 Å².